The molecule has 16 heteroatoms. The van der Waals surface area contributed by atoms with Crippen molar-refractivity contribution in [3.63, 3.8) is 0 Å². The Bertz CT molecular complexity index is 1710. The maximum atomic E-state index is 14.1. The molecule has 0 spiro atoms. The first kappa shape index (κ1) is 35.5. The van der Waals surface area contributed by atoms with E-state index in [0.717, 1.165) is 4.90 Å². The summed E-state index contributed by atoms with van der Waals surface area (Å²) < 4.78 is 129. The Morgan fingerprint density at radius 1 is 0.958 bits per heavy atom. The predicted molar refractivity (Wildman–Crippen MR) is 161 cm³/mol. The van der Waals surface area contributed by atoms with Gasteiger partial charge in [0, 0.05) is 57.8 Å². The molecule has 3 aromatic rings. The van der Waals surface area contributed by atoms with Crippen LogP contribution in [0.15, 0.2) is 59.6 Å². The van der Waals surface area contributed by atoms with Crippen molar-refractivity contribution in [2.24, 2.45) is 5.92 Å². The van der Waals surface area contributed by atoms with Crippen molar-refractivity contribution in [3.05, 3.63) is 88.4 Å². The van der Waals surface area contributed by atoms with E-state index in [1.807, 2.05) is 4.90 Å². The molecule has 2 atom stereocenters. The molecule has 0 bridgehead atoms. The first-order chi connectivity index (χ1) is 22.4. The highest BCUT2D eigenvalue weighted by molar-refractivity contribution is 7.89. The van der Waals surface area contributed by atoms with Crippen LogP contribution >= 0.6 is 0 Å². The van der Waals surface area contributed by atoms with Crippen LogP contribution in [0.2, 0.25) is 0 Å². The summed E-state index contributed by atoms with van der Waals surface area (Å²) in [6, 6.07) is 8.06. The van der Waals surface area contributed by atoms with Gasteiger partial charge in [0.2, 0.25) is 15.9 Å². The van der Waals surface area contributed by atoms with Crippen molar-refractivity contribution < 1.29 is 48.7 Å². The summed E-state index contributed by atoms with van der Waals surface area (Å²) in [7, 11) is -2.85. The van der Waals surface area contributed by atoms with Crippen molar-refractivity contribution in [1.29, 1.82) is 0 Å². The summed E-state index contributed by atoms with van der Waals surface area (Å²) in [5.74, 6) is -2.29. The lowest BCUT2D eigenvalue weighted by Gasteiger charge is -2.39. The zero-order valence-corrected chi connectivity index (χ0v) is 26.8. The van der Waals surface area contributed by atoms with E-state index < -0.39 is 63.6 Å². The van der Waals surface area contributed by atoms with Gasteiger partial charge in [-0.3, -0.25) is 4.79 Å². The number of anilines is 1. The van der Waals surface area contributed by atoms with Gasteiger partial charge in [-0.15, -0.1) is 0 Å². The number of alkyl halides is 6. The van der Waals surface area contributed by atoms with Crippen molar-refractivity contribution in [3.8, 4) is 0 Å². The fourth-order valence-electron chi connectivity index (χ4n) is 6.21. The Labute approximate surface area is 273 Å². The second-order valence-electron chi connectivity index (χ2n) is 11.9. The molecule has 1 aromatic heterocycles. The maximum Gasteiger partial charge on any atom is 0.416 e. The smallest absolute Gasteiger partial charge is 0.378 e. The summed E-state index contributed by atoms with van der Waals surface area (Å²) in [5.41, 5.74) is -2.44. The number of aromatic nitrogens is 1. The number of morpholine rings is 1. The van der Waals surface area contributed by atoms with Crippen LogP contribution in [-0.4, -0.2) is 75.0 Å². The van der Waals surface area contributed by atoms with E-state index >= 15 is 0 Å². The minimum Gasteiger partial charge on any atom is -0.378 e. The molecule has 0 aliphatic carbocycles. The van der Waals surface area contributed by atoms with Gasteiger partial charge in [-0.2, -0.15) is 30.6 Å². The van der Waals surface area contributed by atoms with Gasteiger partial charge in [0.05, 0.1) is 24.3 Å². The first-order valence-electron chi connectivity index (χ1n) is 15.0. The zero-order chi connectivity index (χ0) is 35.0. The number of carbonyl (C=O) groups excluding carboxylic acids is 1. The monoisotopic (exact) mass is 702 g/mol. The molecule has 260 valence electrons. The highest BCUT2D eigenvalue weighted by Gasteiger charge is 2.42. The second-order valence-corrected chi connectivity index (χ2v) is 13.9. The Hall–Kier alpha value is -3.76. The molecular weight excluding hydrogens is 669 g/mol. The topological polar surface area (TPSA) is 83.0 Å². The van der Waals surface area contributed by atoms with Gasteiger partial charge >= 0.3 is 12.4 Å². The van der Waals surface area contributed by atoms with Gasteiger partial charge in [-0.05, 0) is 72.5 Å². The minimum absolute atomic E-state index is 0.0143. The lowest BCUT2D eigenvalue weighted by Crippen LogP contribution is -2.47. The number of ether oxygens (including phenoxy) is 1. The molecule has 2 aliphatic rings. The number of hydrogen-bond acceptors (Lipinski definition) is 6. The average molecular weight is 703 g/mol. The molecule has 5 rings (SSSR count). The third-order valence-corrected chi connectivity index (χ3v) is 10.5. The van der Waals surface area contributed by atoms with Gasteiger partial charge in [-0.25, -0.2) is 17.8 Å². The molecule has 48 heavy (non-hydrogen) atoms. The SMILES string of the molecule is Cc1cc(F)ccc1[C@@H]1CN(S(=O)(=O)c2ccc(N3CCOCC3)nc2)CC[C@H]1C(=O)N(C)Cc1cc(C(F)(F)F)cc(C(F)(F)F)c1. The summed E-state index contributed by atoms with van der Waals surface area (Å²) in [5, 5.41) is 0. The molecule has 2 aromatic carbocycles. The van der Waals surface area contributed by atoms with Gasteiger partial charge in [-0.1, -0.05) is 6.07 Å². The lowest BCUT2D eigenvalue weighted by molar-refractivity contribution is -0.143. The van der Waals surface area contributed by atoms with Crippen LogP contribution in [0.5, 0.6) is 0 Å². The van der Waals surface area contributed by atoms with E-state index in [2.05, 4.69) is 4.98 Å². The number of sulfonamides is 1. The summed E-state index contributed by atoms with van der Waals surface area (Å²) in [6.07, 6.45) is -8.87. The Morgan fingerprint density at radius 2 is 1.60 bits per heavy atom. The molecule has 0 unspecified atom stereocenters. The molecule has 0 N–H and O–H groups in total. The third kappa shape index (κ3) is 7.76. The molecule has 0 saturated carbocycles. The zero-order valence-electron chi connectivity index (χ0n) is 26.0. The molecule has 2 aliphatic heterocycles. The van der Waals surface area contributed by atoms with Crippen LogP contribution in [0.1, 0.15) is 40.2 Å². The standard InChI is InChI=1S/C32H33F7N4O4S/c1-20-13-24(33)3-5-26(20)28-19-43(48(45,46)25-4-6-29(40-17-25)42-9-11-47-12-10-42)8-7-27(28)30(44)41(2)18-21-14-22(31(34,35)36)16-23(15-21)32(37,38)39/h3-6,13-17,27-28H,7-12,18-19H2,1-2H3/t27-,28+/m1/s1. The predicted octanol–water partition coefficient (Wildman–Crippen LogP) is 5.86. The van der Waals surface area contributed by atoms with E-state index in [9.17, 15) is 43.9 Å². The first-order valence-corrected chi connectivity index (χ1v) is 16.5. The number of pyridine rings is 1. The van der Waals surface area contributed by atoms with E-state index in [-0.39, 0.29) is 36.0 Å². The van der Waals surface area contributed by atoms with Gasteiger partial charge in [0.1, 0.15) is 16.5 Å². The van der Waals surface area contributed by atoms with E-state index in [1.54, 1.807) is 13.0 Å². The van der Waals surface area contributed by atoms with Crippen molar-refractivity contribution in [1.82, 2.24) is 14.2 Å². The van der Waals surface area contributed by atoms with Crippen molar-refractivity contribution in [2.75, 3.05) is 51.3 Å². The fraction of sp³-hybridized carbons (Fsp3) is 0.438. The van der Waals surface area contributed by atoms with Crippen LogP contribution in [0.3, 0.4) is 0 Å². The highest BCUT2D eigenvalue weighted by atomic mass is 32.2. The van der Waals surface area contributed by atoms with E-state index in [4.69, 9.17) is 4.74 Å². The van der Waals surface area contributed by atoms with Crippen LogP contribution in [0.25, 0.3) is 0 Å². The molecule has 2 fully saturated rings. The Kier molecular flexibility index (Phi) is 10.1. The number of piperidine rings is 1. The van der Waals surface area contributed by atoms with Crippen molar-refractivity contribution >= 4 is 21.7 Å². The van der Waals surface area contributed by atoms with E-state index in [0.29, 0.717) is 55.4 Å². The number of benzene rings is 2. The van der Waals surface area contributed by atoms with Gasteiger partial charge in [0.25, 0.3) is 0 Å². The Morgan fingerprint density at radius 3 is 2.17 bits per heavy atom. The van der Waals surface area contributed by atoms with Crippen LogP contribution in [-0.2, 0) is 38.5 Å². The number of hydrogen-bond donors (Lipinski definition) is 0. The largest absolute Gasteiger partial charge is 0.416 e. The van der Waals surface area contributed by atoms with Crippen LogP contribution in [0.4, 0.5) is 36.6 Å². The van der Waals surface area contributed by atoms with Gasteiger partial charge < -0.3 is 14.5 Å². The van der Waals surface area contributed by atoms with Crippen LogP contribution < -0.4 is 4.90 Å². The maximum absolute atomic E-state index is 14.1. The van der Waals surface area contributed by atoms with Gasteiger partial charge in [0.15, 0.2) is 0 Å². The molecular formula is C32H33F7N4O4S. The summed E-state index contributed by atoms with van der Waals surface area (Å²) in [4.78, 5) is 21.1. The number of amides is 1. The Balaban J connectivity index is 1.41. The lowest BCUT2D eigenvalue weighted by atomic mass is 9.79. The number of aryl methyl sites for hydroxylation is 1. The number of halogens is 7. The molecule has 3 heterocycles. The fourth-order valence-corrected chi connectivity index (χ4v) is 7.63. The molecule has 2 saturated heterocycles. The number of rotatable bonds is 7. The quantitative estimate of drug-likeness (QED) is 0.287. The third-order valence-electron chi connectivity index (χ3n) is 8.66. The molecule has 1 amide bonds. The average Bonchev–Trinajstić information content (AvgIpc) is 3.03. The number of nitrogens with zero attached hydrogens (tertiary/aromatic N) is 4. The summed E-state index contributed by atoms with van der Waals surface area (Å²) >= 11 is 0. The van der Waals surface area contributed by atoms with Crippen molar-refractivity contribution in [2.45, 2.75) is 43.1 Å². The normalized spacial score (nSPS) is 19.7. The summed E-state index contributed by atoms with van der Waals surface area (Å²) in [6.45, 7) is 2.98. The van der Waals surface area contributed by atoms with Crippen LogP contribution in [0, 0.1) is 18.7 Å². The minimum atomic E-state index is -5.06. The molecule has 8 nitrogen and oxygen atoms in total. The highest BCUT2D eigenvalue weighted by Crippen LogP contribution is 2.39. The number of carbonyl (C=O) groups is 1. The molecule has 0 radical (unpaired) electrons. The second kappa shape index (κ2) is 13.6. The van der Waals surface area contributed by atoms with E-state index in [1.165, 1.54) is 41.8 Å².